The third kappa shape index (κ3) is 6.01. The Morgan fingerprint density at radius 2 is 2.26 bits per heavy atom. The quantitative estimate of drug-likeness (QED) is 0.558. The number of carbonyl (C=O) groups excluding carboxylic acids is 2. The molecule has 0 aliphatic carbocycles. The maximum absolute atomic E-state index is 11.6. The SMILES string of the molecule is CCOCCCC(=O)Nc1cnn(CC(=O)OC)c1. The lowest BCUT2D eigenvalue weighted by Gasteiger charge is -2.02. The Morgan fingerprint density at radius 3 is 2.95 bits per heavy atom. The van der Waals surface area contributed by atoms with E-state index in [2.05, 4.69) is 15.2 Å². The molecule has 7 nitrogen and oxygen atoms in total. The largest absolute Gasteiger partial charge is 0.468 e. The number of carbonyl (C=O) groups is 2. The second-order valence-corrected chi connectivity index (χ2v) is 3.85. The van der Waals surface area contributed by atoms with Gasteiger partial charge >= 0.3 is 5.97 Å². The summed E-state index contributed by atoms with van der Waals surface area (Å²) in [5.41, 5.74) is 0.560. The third-order valence-corrected chi connectivity index (χ3v) is 2.33. The minimum atomic E-state index is -0.391. The van der Waals surface area contributed by atoms with E-state index in [0.29, 0.717) is 31.7 Å². The average Bonchev–Trinajstić information content (AvgIpc) is 2.81. The van der Waals surface area contributed by atoms with E-state index in [-0.39, 0.29) is 12.5 Å². The zero-order valence-electron chi connectivity index (χ0n) is 11.2. The lowest BCUT2D eigenvalue weighted by molar-refractivity contribution is -0.141. The molecule has 0 fully saturated rings. The van der Waals surface area contributed by atoms with Crippen LogP contribution in [0.15, 0.2) is 12.4 Å². The molecule has 0 aromatic carbocycles. The van der Waals surface area contributed by atoms with Crippen molar-refractivity contribution in [1.82, 2.24) is 9.78 Å². The Bertz CT molecular complexity index is 417. The molecule has 0 saturated heterocycles. The zero-order chi connectivity index (χ0) is 14.1. The summed E-state index contributed by atoms with van der Waals surface area (Å²) < 4.78 is 11.1. The number of nitrogens with zero attached hydrogens (tertiary/aromatic N) is 2. The van der Waals surface area contributed by atoms with Gasteiger partial charge in [0.15, 0.2) is 0 Å². The normalized spacial score (nSPS) is 10.2. The van der Waals surface area contributed by atoms with Crippen molar-refractivity contribution < 1.29 is 19.1 Å². The molecule has 0 saturated carbocycles. The Hall–Kier alpha value is -1.89. The minimum Gasteiger partial charge on any atom is -0.468 e. The standard InChI is InChI=1S/C12H19N3O4/c1-3-19-6-4-5-11(16)14-10-7-13-15(8-10)9-12(17)18-2/h7-8H,3-6,9H2,1-2H3,(H,14,16). The molecule has 0 radical (unpaired) electrons. The topological polar surface area (TPSA) is 82.5 Å². The summed E-state index contributed by atoms with van der Waals surface area (Å²) in [6.07, 6.45) is 4.14. The second-order valence-electron chi connectivity index (χ2n) is 3.85. The van der Waals surface area contributed by atoms with Crippen LogP contribution in [0.4, 0.5) is 5.69 Å². The van der Waals surface area contributed by atoms with Crippen molar-refractivity contribution in [3.05, 3.63) is 12.4 Å². The monoisotopic (exact) mass is 269 g/mol. The van der Waals surface area contributed by atoms with Crippen molar-refractivity contribution in [1.29, 1.82) is 0 Å². The van der Waals surface area contributed by atoms with E-state index in [1.54, 1.807) is 6.20 Å². The Morgan fingerprint density at radius 1 is 1.47 bits per heavy atom. The predicted molar refractivity (Wildman–Crippen MR) is 68.6 cm³/mol. The first-order valence-corrected chi connectivity index (χ1v) is 6.12. The van der Waals surface area contributed by atoms with E-state index in [0.717, 1.165) is 0 Å². The average molecular weight is 269 g/mol. The van der Waals surface area contributed by atoms with Crippen LogP contribution in [-0.4, -0.2) is 42.0 Å². The van der Waals surface area contributed by atoms with Crippen molar-refractivity contribution in [2.24, 2.45) is 0 Å². The molecule has 19 heavy (non-hydrogen) atoms. The van der Waals surface area contributed by atoms with Crippen LogP contribution in [0.2, 0.25) is 0 Å². The molecule has 0 unspecified atom stereocenters. The highest BCUT2D eigenvalue weighted by atomic mass is 16.5. The number of rotatable bonds is 8. The van der Waals surface area contributed by atoms with Gasteiger partial charge in [-0.1, -0.05) is 0 Å². The molecule has 1 aromatic rings. The van der Waals surface area contributed by atoms with Crippen LogP contribution >= 0.6 is 0 Å². The number of esters is 1. The fourth-order valence-corrected chi connectivity index (χ4v) is 1.41. The van der Waals surface area contributed by atoms with E-state index in [9.17, 15) is 9.59 Å². The number of hydrogen-bond donors (Lipinski definition) is 1. The Labute approximate surface area is 111 Å². The first kappa shape index (κ1) is 15.2. The smallest absolute Gasteiger partial charge is 0.327 e. The zero-order valence-corrected chi connectivity index (χ0v) is 11.2. The van der Waals surface area contributed by atoms with Crippen LogP contribution in [0.3, 0.4) is 0 Å². The molecular formula is C12H19N3O4. The van der Waals surface area contributed by atoms with Crippen molar-refractivity contribution in [3.8, 4) is 0 Å². The van der Waals surface area contributed by atoms with Crippen LogP contribution in [0.1, 0.15) is 19.8 Å². The molecule has 1 amide bonds. The molecule has 1 heterocycles. The first-order valence-electron chi connectivity index (χ1n) is 6.12. The Balaban J connectivity index is 2.32. The summed E-state index contributed by atoms with van der Waals surface area (Å²) in [6, 6.07) is 0. The maximum Gasteiger partial charge on any atom is 0.327 e. The minimum absolute atomic E-state index is 0.0245. The van der Waals surface area contributed by atoms with Gasteiger partial charge in [-0.3, -0.25) is 14.3 Å². The highest BCUT2D eigenvalue weighted by Crippen LogP contribution is 2.06. The van der Waals surface area contributed by atoms with Gasteiger partial charge in [0, 0.05) is 25.8 Å². The summed E-state index contributed by atoms with van der Waals surface area (Å²) in [5.74, 6) is -0.491. The Kier molecular flexibility index (Phi) is 6.59. The molecule has 1 rings (SSSR count). The van der Waals surface area contributed by atoms with E-state index in [1.165, 1.54) is 18.0 Å². The number of methoxy groups -OCH3 is 1. The van der Waals surface area contributed by atoms with E-state index in [1.807, 2.05) is 6.92 Å². The maximum atomic E-state index is 11.6. The van der Waals surface area contributed by atoms with Gasteiger partial charge in [-0.05, 0) is 13.3 Å². The summed E-state index contributed by atoms with van der Waals surface area (Å²) in [6.45, 7) is 3.17. The summed E-state index contributed by atoms with van der Waals surface area (Å²) >= 11 is 0. The number of anilines is 1. The van der Waals surface area contributed by atoms with Crippen molar-refractivity contribution in [3.63, 3.8) is 0 Å². The molecule has 1 aromatic heterocycles. The van der Waals surface area contributed by atoms with E-state index >= 15 is 0 Å². The summed E-state index contributed by atoms with van der Waals surface area (Å²) in [5, 5.41) is 6.64. The number of ether oxygens (including phenoxy) is 2. The van der Waals surface area contributed by atoms with Gasteiger partial charge < -0.3 is 14.8 Å². The van der Waals surface area contributed by atoms with Gasteiger partial charge in [-0.25, -0.2) is 0 Å². The second kappa shape index (κ2) is 8.25. The lowest BCUT2D eigenvalue weighted by Crippen LogP contribution is -2.13. The summed E-state index contributed by atoms with van der Waals surface area (Å²) in [7, 11) is 1.31. The van der Waals surface area contributed by atoms with E-state index < -0.39 is 5.97 Å². The van der Waals surface area contributed by atoms with Crippen molar-refractivity contribution in [2.75, 3.05) is 25.6 Å². The molecular weight excluding hydrogens is 250 g/mol. The molecule has 0 spiro atoms. The van der Waals surface area contributed by atoms with Gasteiger partial charge in [-0.2, -0.15) is 5.10 Å². The van der Waals surface area contributed by atoms with Gasteiger partial charge in [0.1, 0.15) is 6.54 Å². The molecule has 0 atom stereocenters. The van der Waals surface area contributed by atoms with Crippen LogP contribution < -0.4 is 5.32 Å². The molecule has 106 valence electrons. The third-order valence-electron chi connectivity index (χ3n) is 2.33. The van der Waals surface area contributed by atoms with Crippen molar-refractivity contribution in [2.45, 2.75) is 26.3 Å². The predicted octanol–water partition coefficient (Wildman–Crippen LogP) is 0.811. The van der Waals surface area contributed by atoms with Crippen LogP contribution in [0.25, 0.3) is 0 Å². The van der Waals surface area contributed by atoms with Crippen LogP contribution in [0.5, 0.6) is 0 Å². The van der Waals surface area contributed by atoms with Gasteiger partial charge in [-0.15, -0.1) is 0 Å². The van der Waals surface area contributed by atoms with Gasteiger partial charge in [0.05, 0.1) is 19.0 Å². The van der Waals surface area contributed by atoms with Crippen molar-refractivity contribution >= 4 is 17.6 Å². The molecule has 0 aliphatic rings. The first-order chi connectivity index (χ1) is 9.15. The molecule has 0 bridgehead atoms. The molecule has 1 N–H and O–H groups in total. The van der Waals surface area contributed by atoms with Gasteiger partial charge in [0.25, 0.3) is 0 Å². The highest BCUT2D eigenvalue weighted by Gasteiger charge is 2.07. The highest BCUT2D eigenvalue weighted by molar-refractivity contribution is 5.90. The number of aromatic nitrogens is 2. The number of nitrogens with one attached hydrogen (secondary N) is 1. The summed E-state index contributed by atoms with van der Waals surface area (Å²) in [4.78, 5) is 22.6. The fraction of sp³-hybridized carbons (Fsp3) is 0.583. The molecule has 0 aliphatic heterocycles. The fourth-order valence-electron chi connectivity index (χ4n) is 1.41. The number of amides is 1. The number of hydrogen-bond acceptors (Lipinski definition) is 5. The molecule has 7 heteroatoms. The lowest BCUT2D eigenvalue weighted by atomic mass is 10.3. The van der Waals surface area contributed by atoms with Crippen LogP contribution in [-0.2, 0) is 25.6 Å². The van der Waals surface area contributed by atoms with Gasteiger partial charge in [0.2, 0.25) is 5.91 Å². The van der Waals surface area contributed by atoms with E-state index in [4.69, 9.17) is 4.74 Å². The van der Waals surface area contributed by atoms with Crippen LogP contribution in [0, 0.1) is 0 Å².